The van der Waals surface area contributed by atoms with Crippen LogP contribution in [0.15, 0.2) is 124 Å². The molecule has 0 saturated heterocycles. The minimum atomic E-state index is -0.353. The molecule has 0 aliphatic heterocycles. The average Bonchev–Trinajstić information content (AvgIpc) is 3.80. The summed E-state index contributed by atoms with van der Waals surface area (Å²) >= 11 is 0. The van der Waals surface area contributed by atoms with E-state index in [0.717, 1.165) is 33.5 Å². The summed E-state index contributed by atoms with van der Waals surface area (Å²) in [6, 6.07) is 44.1. The molecule has 2 heteroatoms. The fraction of sp³-hybridized carbons (Fsp3) is 0.300. The first-order valence-electron chi connectivity index (χ1n) is 22.6. The average molecular weight is 811 g/mol. The number of hydrogen-bond donors (Lipinski definition) is 0. The highest BCUT2D eigenvalue weighted by Gasteiger charge is 2.38. The van der Waals surface area contributed by atoms with Crippen molar-refractivity contribution in [1.29, 1.82) is 0 Å². The van der Waals surface area contributed by atoms with Crippen LogP contribution in [0.5, 0.6) is 0 Å². The van der Waals surface area contributed by atoms with E-state index in [2.05, 4.69) is 205 Å². The zero-order valence-corrected chi connectivity index (χ0v) is 38.8. The molecule has 0 unspecified atom stereocenters. The van der Waals surface area contributed by atoms with Gasteiger partial charge in [-0.1, -0.05) is 175 Å². The lowest BCUT2D eigenvalue weighted by Crippen LogP contribution is -2.26. The van der Waals surface area contributed by atoms with E-state index in [9.17, 15) is 0 Å². The lowest BCUT2D eigenvalue weighted by Gasteiger charge is -2.35. The van der Waals surface area contributed by atoms with Gasteiger partial charge in [0.1, 0.15) is 22.3 Å². The van der Waals surface area contributed by atoms with Crippen molar-refractivity contribution in [1.82, 2.24) is 0 Å². The second-order valence-corrected chi connectivity index (χ2v) is 22.7. The highest BCUT2D eigenvalue weighted by Crippen LogP contribution is 2.55. The van der Waals surface area contributed by atoms with Crippen LogP contribution in [-0.4, -0.2) is 0 Å². The SMILES string of the molecule is CC(C)(C)c1cc(-c2cc(-c3cc4cc(c3)C(C)(C)c3c(C(C)(C)C)ccc5oc6cccc-4c6c35)c3oc4cccc5c4c3c2C(C)(C)c2cccc-5c2)cc(C(C)(C)C)c1. The number of rotatable bonds is 2. The van der Waals surface area contributed by atoms with Gasteiger partial charge in [-0.05, 0) is 124 Å². The highest BCUT2D eigenvalue weighted by atomic mass is 16.3. The van der Waals surface area contributed by atoms with Gasteiger partial charge in [0.2, 0.25) is 0 Å². The Labute approximate surface area is 367 Å². The third-order valence-electron chi connectivity index (χ3n) is 14.6. The summed E-state index contributed by atoms with van der Waals surface area (Å²) < 4.78 is 14.0. The van der Waals surface area contributed by atoms with Gasteiger partial charge in [0.15, 0.2) is 0 Å². The normalized spacial score (nSPS) is 15.4. The van der Waals surface area contributed by atoms with Crippen molar-refractivity contribution in [3.63, 3.8) is 0 Å². The second kappa shape index (κ2) is 12.4. The van der Waals surface area contributed by atoms with Crippen molar-refractivity contribution in [3.8, 4) is 44.5 Å². The largest absolute Gasteiger partial charge is 0.456 e. The van der Waals surface area contributed by atoms with E-state index in [1.165, 1.54) is 93.9 Å². The van der Waals surface area contributed by atoms with Crippen molar-refractivity contribution in [2.75, 3.05) is 0 Å². The standard InChI is InChI=1S/C60H58O2/c1-56(2,3)38-27-36(28-39(31-38)57(4,5)6)43-32-44(55-52-50-41(19-15-22-47(50)62-55)33-17-14-18-37(26-33)59(10,11)53(43)52)35-25-34-29-40(30-35)60(12,13)54-45(58(7,8)9)23-24-48-51(54)49-42(34)20-16-21-46(49)61-48/h14-32H,1-13H3. The monoisotopic (exact) mass is 810 g/mol. The molecule has 0 spiro atoms. The Morgan fingerprint density at radius 2 is 0.903 bits per heavy atom. The van der Waals surface area contributed by atoms with Gasteiger partial charge in [-0.2, -0.15) is 0 Å². The molecule has 2 nitrogen and oxygen atoms in total. The third-order valence-corrected chi connectivity index (χ3v) is 14.6. The quantitative estimate of drug-likeness (QED) is 0.174. The summed E-state index contributed by atoms with van der Waals surface area (Å²) in [7, 11) is 0. The van der Waals surface area contributed by atoms with Crippen molar-refractivity contribution in [3.05, 3.63) is 154 Å². The molecule has 62 heavy (non-hydrogen) atoms. The second-order valence-electron chi connectivity index (χ2n) is 22.7. The van der Waals surface area contributed by atoms with E-state index in [1.807, 2.05) is 0 Å². The maximum atomic E-state index is 7.30. The van der Waals surface area contributed by atoms with Gasteiger partial charge in [0.25, 0.3) is 0 Å². The van der Waals surface area contributed by atoms with E-state index >= 15 is 0 Å². The topological polar surface area (TPSA) is 26.3 Å². The van der Waals surface area contributed by atoms with Gasteiger partial charge in [0.05, 0.1) is 0 Å². The van der Waals surface area contributed by atoms with Crippen LogP contribution in [0.1, 0.15) is 129 Å². The summed E-state index contributed by atoms with van der Waals surface area (Å²) in [5.74, 6) is 0. The molecule has 0 radical (unpaired) electrons. The molecule has 11 rings (SSSR count). The van der Waals surface area contributed by atoms with E-state index in [1.54, 1.807) is 0 Å². The Morgan fingerprint density at radius 1 is 0.371 bits per heavy atom. The fourth-order valence-electron chi connectivity index (χ4n) is 11.1. The number of benzene rings is 7. The summed E-state index contributed by atoms with van der Waals surface area (Å²) in [5, 5.41) is 4.86. The van der Waals surface area contributed by atoms with Crippen LogP contribution in [0.25, 0.3) is 88.4 Å². The first kappa shape index (κ1) is 39.0. The first-order chi connectivity index (χ1) is 29.1. The van der Waals surface area contributed by atoms with E-state index in [-0.39, 0.29) is 27.1 Å². The van der Waals surface area contributed by atoms with Gasteiger partial charge in [-0.3, -0.25) is 0 Å². The maximum Gasteiger partial charge on any atom is 0.143 e. The van der Waals surface area contributed by atoms with Crippen LogP contribution in [0.4, 0.5) is 0 Å². The Balaban J connectivity index is 1.32. The molecular weight excluding hydrogens is 753 g/mol. The van der Waals surface area contributed by atoms with Crippen LogP contribution in [0, 0.1) is 0 Å². The molecule has 0 atom stereocenters. The Bertz CT molecular complexity index is 3360. The van der Waals surface area contributed by atoms with Gasteiger partial charge in [-0.25, -0.2) is 0 Å². The molecule has 0 N–H and O–H groups in total. The molecule has 0 amide bonds. The maximum absolute atomic E-state index is 7.30. The van der Waals surface area contributed by atoms with Crippen LogP contribution < -0.4 is 0 Å². The van der Waals surface area contributed by atoms with Crippen molar-refractivity contribution < 1.29 is 8.83 Å². The summed E-state index contributed by atoms with van der Waals surface area (Å²) in [4.78, 5) is 0. The van der Waals surface area contributed by atoms with Crippen LogP contribution in [0.3, 0.4) is 0 Å². The Morgan fingerprint density at radius 3 is 1.55 bits per heavy atom. The molecular formula is C60H58O2. The fourth-order valence-corrected chi connectivity index (χ4v) is 11.1. The smallest absolute Gasteiger partial charge is 0.143 e. The van der Waals surface area contributed by atoms with Gasteiger partial charge in [-0.15, -0.1) is 0 Å². The Kier molecular flexibility index (Phi) is 7.81. The third kappa shape index (κ3) is 5.47. The van der Waals surface area contributed by atoms with Gasteiger partial charge >= 0.3 is 0 Å². The Hall–Kier alpha value is -5.86. The molecule has 0 fully saturated rings. The van der Waals surface area contributed by atoms with Crippen molar-refractivity contribution in [2.45, 2.75) is 117 Å². The minimum absolute atomic E-state index is 0.0435. The minimum Gasteiger partial charge on any atom is -0.456 e. The zero-order valence-electron chi connectivity index (χ0n) is 38.8. The number of fused-ring (bicyclic) bond motifs is 6. The molecule has 9 aromatic rings. The summed E-state index contributed by atoms with van der Waals surface area (Å²) in [6.45, 7) is 30.7. The van der Waals surface area contributed by atoms with Gasteiger partial charge < -0.3 is 8.83 Å². The molecule has 4 bridgehead atoms. The van der Waals surface area contributed by atoms with Crippen LogP contribution >= 0.6 is 0 Å². The predicted octanol–water partition coefficient (Wildman–Crippen LogP) is 17.3. The molecule has 310 valence electrons. The number of hydrogen-bond acceptors (Lipinski definition) is 2. The van der Waals surface area contributed by atoms with E-state index < -0.39 is 0 Å². The molecule has 0 saturated carbocycles. The van der Waals surface area contributed by atoms with Crippen LogP contribution in [0.2, 0.25) is 0 Å². The number of furan rings is 2. The van der Waals surface area contributed by atoms with Crippen molar-refractivity contribution in [2.24, 2.45) is 0 Å². The molecule has 2 aliphatic rings. The molecule has 2 heterocycles. The van der Waals surface area contributed by atoms with E-state index in [4.69, 9.17) is 8.83 Å². The molecule has 2 aliphatic carbocycles. The summed E-state index contributed by atoms with van der Waals surface area (Å²) in [5.41, 5.74) is 21.8. The van der Waals surface area contributed by atoms with Crippen LogP contribution in [-0.2, 0) is 27.1 Å². The lowest BCUT2D eigenvalue weighted by molar-refractivity contribution is 0.552. The van der Waals surface area contributed by atoms with Gasteiger partial charge in [0, 0.05) is 37.9 Å². The van der Waals surface area contributed by atoms with E-state index in [0.29, 0.717) is 0 Å². The first-order valence-corrected chi connectivity index (χ1v) is 22.6. The zero-order chi connectivity index (χ0) is 43.6. The molecule has 7 aromatic carbocycles. The predicted molar refractivity (Wildman–Crippen MR) is 263 cm³/mol. The summed E-state index contributed by atoms with van der Waals surface area (Å²) in [6.07, 6.45) is 0. The molecule has 2 aromatic heterocycles. The highest BCUT2D eigenvalue weighted by molar-refractivity contribution is 6.20. The lowest BCUT2D eigenvalue weighted by atomic mass is 9.67. The van der Waals surface area contributed by atoms with Crippen molar-refractivity contribution >= 4 is 43.9 Å².